The van der Waals surface area contributed by atoms with Crippen molar-refractivity contribution in [3.8, 4) is 0 Å². The predicted molar refractivity (Wildman–Crippen MR) is 59.5 cm³/mol. The van der Waals surface area contributed by atoms with Crippen molar-refractivity contribution in [3.05, 3.63) is 12.2 Å². The van der Waals surface area contributed by atoms with Crippen molar-refractivity contribution < 1.29 is 4.74 Å². The van der Waals surface area contributed by atoms with Crippen LogP contribution in [-0.2, 0) is 4.74 Å². The van der Waals surface area contributed by atoms with Crippen molar-refractivity contribution in [1.29, 1.82) is 0 Å². The van der Waals surface area contributed by atoms with Gasteiger partial charge in [0.15, 0.2) is 0 Å². The van der Waals surface area contributed by atoms with Gasteiger partial charge < -0.3 is 9.64 Å². The molecule has 2 aliphatic heterocycles. The van der Waals surface area contributed by atoms with E-state index in [0.717, 1.165) is 18.4 Å². The molecule has 0 bridgehead atoms. The maximum Gasteiger partial charge on any atom is 0.135 e. The van der Waals surface area contributed by atoms with Crippen LogP contribution in [0.15, 0.2) is 12.2 Å². The molecular weight excluding hydrogens is 188 g/mol. The molecule has 3 heteroatoms. The van der Waals surface area contributed by atoms with Gasteiger partial charge in [0.2, 0.25) is 0 Å². The molecule has 0 aromatic carbocycles. The number of likely N-dealkylation sites (tertiary alicyclic amines) is 1. The van der Waals surface area contributed by atoms with E-state index in [1.807, 2.05) is 0 Å². The zero-order valence-electron chi connectivity index (χ0n) is 9.36. The second kappa shape index (κ2) is 3.89. The molecule has 3 aliphatic rings. The van der Waals surface area contributed by atoms with Crippen LogP contribution in [-0.4, -0.2) is 43.9 Å². The molecule has 0 aromatic heterocycles. The highest BCUT2D eigenvalue weighted by atomic mass is 16.6. The van der Waals surface area contributed by atoms with Crippen molar-refractivity contribution in [2.75, 3.05) is 26.7 Å². The zero-order chi connectivity index (χ0) is 10.3. The molecule has 0 amide bonds. The van der Waals surface area contributed by atoms with Crippen LogP contribution in [0.2, 0.25) is 0 Å². The Balaban J connectivity index is 1.23. The highest BCUT2D eigenvalue weighted by Gasteiger charge is 2.39. The lowest BCUT2D eigenvalue weighted by molar-refractivity contribution is 0.129. The third kappa shape index (κ3) is 2.60. The van der Waals surface area contributed by atoms with Crippen LogP contribution in [0.5, 0.6) is 0 Å². The fraction of sp³-hybridized carbons (Fsp3) is 0.833. The fourth-order valence-electron chi connectivity index (χ4n) is 2.41. The number of hydrogen-bond acceptors (Lipinski definition) is 3. The van der Waals surface area contributed by atoms with Crippen LogP contribution in [0.3, 0.4) is 0 Å². The van der Waals surface area contributed by atoms with Gasteiger partial charge in [-0.05, 0) is 31.7 Å². The van der Waals surface area contributed by atoms with Gasteiger partial charge in [-0.25, -0.2) is 0 Å². The summed E-state index contributed by atoms with van der Waals surface area (Å²) in [5, 5.41) is 3.50. The first-order valence-electron chi connectivity index (χ1n) is 6.07. The SMILES string of the molecule is CN1CC(CNC2OC2CCC2C=C2)C1. The topological polar surface area (TPSA) is 27.8 Å². The van der Waals surface area contributed by atoms with Gasteiger partial charge in [-0.3, -0.25) is 5.32 Å². The minimum absolute atomic E-state index is 0.370. The normalized spacial score (nSPS) is 35.5. The summed E-state index contributed by atoms with van der Waals surface area (Å²) in [4.78, 5) is 2.36. The second-order valence-electron chi connectivity index (χ2n) is 5.22. The minimum Gasteiger partial charge on any atom is -0.353 e. The highest BCUT2D eigenvalue weighted by molar-refractivity contribution is 5.13. The summed E-state index contributed by atoms with van der Waals surface area (Å²) in [7, 11) is 2.18. The summed E-state index contributed by atoms with van der Waals surface area (Å²) in [6.07, 6.45) is 7.93. The Morgan fingerprint density at radius 3 is 2.80 bits per heavy atom. The average Bonchev–Trinajstić information content (AvgIpc) is 3.02. The van der Waals surface area contributed by atoms with Gasteiger partial charge in [0.25, 0.3) is 0 Å². The fourth-order valence-corrected chi connectivity index (χ4v) is 2.41. The maximum atomic E-state index is 5.59. The Hall–Kier alpha value is -0.380. The summed E-state index contributed by atoms with van der Waals surface area (Å²) in [6.45, 7) is 3.62. The van der Waals surface area contributed by atoms with Gasteiger partial charge in [-0.2, -0.15) is 0 Å². The molecule has 1 aliphatic carbocycles. The standard InChI is InChI=1S/C12H20N2O/c1-14-7-10(8-14)6-13-12-11(15-12)5-4-9-2-3-9/h2-3,9-13H,4-8H2,1H3. The summed E-state index contributed by atoms with van der Waals surface area (Å²) in [5.41, 5.74) is 0. The van der Waals surface area contributed by atoms with Gasteiger partial charge in [-0.1, -0.05) is 12.2 Å². The van der Waals surface area contributed by atoms with E-state index < -0.39 is 0 Å². The highest BCUT2D eigenvalue weighted by Crippen LogP contribution is 2.30. The Morgan fingerprint density at radius 1 is 1.33 bits per heavy atom. The number of allylic oxidation sites excluding steroid dienone is 2. The average molecular weight is 208 g/mol. The second-order valence-corrected chi connectivity index (χ2v) is 5.22. The minimum atomic E-state index is 0.370. The molecule has 2 atom stereocenters. The molecule has 0 aromatic rings. The monoisotopic (exact) mass is 208 g/mol. The lowest BCUT2D eigenvalue weighted by Gasteiger charge is -2.36. The third-order valence-electron chi connectivity index (χ3n) is 3.58. The zero-order valence-corrected chi connectivity index (χ0v) is 9.36. The Kier molecular flexibility index (Phi) is 2.54. The first kappa shape index (κ1) is 9.82. The number of hydrogen-bond donors (Lipinski definition) is 1. The number of epoxide rings is 1. The molecule has 2 unspecified atom stereocenters. The van der Waals surface area contributed by atoms with Crippen LogP contribution in [0.1, 0.15) is 12.8 Å². The van der Waals surface area contributed by atoms with E-state index in [1.165, 1.54) is 25.9 Å². The van der Waals surface area contributed by atoms with Gasteiger partial charge >= 0.3 is 0 Å². The number of rotatable bonds is 6. The number of nitrogens with one attached hydrogen (secondary N) is 1. The van der Waals surface area contributed by atoms with Crippen LogP contribution in [0.4, 0.5) is 0 Å². The van der Waals surface area contributed by atoms with Crippen molar-refractivity contribution in [1.82, 2.24) is 10.2 Å². The third-order valence-corrected chi connectivity index (χ3v) is 3.58. The molecule has 2 saturated heterocycles. The van der Waals surface area contributed by atoms with E-state index in [4.69, 9.17) is 4.74 Å². The first-order chi connectivity index (χ1) is 7.31. The molecule has 2 fully saturated rings. The summed E-state index contributed by atoms with van der Waals surface area (Å²) in [6, 6.07) is 0. The van der Waals surface area contributed by atoms with E-state index in [0.29, 0.717) is 12.3 Å². The Morgan fingerprint density at radius 2 is 2.13 bits per heavy atom. The van der Waals surface area contributed by atoms with E-state index in [1.54, 1.807) is 0 Å². The maximum absolute atomic E-state index is 5.59. The lowest BCUT2D eigenvalue weighted by atomic mass is 10.0. The lowest BCUT2D eigenvalue weighted by Crippen LogP contribution is -2.48. The number of nitrogens with zero attached hydrogens (tertiary/aromatic N) is 1. The van der Waals surface area contributed by atoms with Gasteiger partial charge in [0.1, 0.15) is 6.23 Å². The van der Waals surface area contributed by atoms with Crippen molar-refractivity contribution in [2.45, 2.75) is 25.2 Å². The molecule has 3 nitrogen and oxygen atoms in total. The van der Waals surface area contributed by atoms with Gasteiger partial charge in [0, 0.05) is 19.6 Å². The molecule has 0 saturated carbocycles. The Bertz CT molecular complexity index is 254. The van der Waals surface area contributed by atoms with E-state index in [9.17, 15) is 0 Å². The van der Waals surface area contributed by atoms with E-state index in [2.05, 4.69) is 29.4 Å². The summed E-state index contributed by atoms with van der Waals surface area (Å²) >= 11 is 0. The summed E-state index contributed by atoms with van der Waals surface area (Å²) < 4.78 is 5.59. The quantitative estimate of drug-likeness (QED) is 0.517. The molecule has 3 rings (SSSR count). The molecule has 0 radical (unpaired) electrons. The van der Waals surface area contributed by atoms with Crippen LogP contribution >= 0.6 is 0 Å². The van der Waals surface area contributed by atoms with E-state index in [-0.39, 0.29) is 0 Å². The molecule has 2 heterocycles. The van der Waals surface area contributed by atoms with Crippen molar-refractivity contribution in [3.63, 3.8) is 0 Å². The summed E-state index contributed by atoms with van der Waals surface area (Å²) in [5.74, 6) is 1.65. The molecule has 15 heavy (non-hydrogen) atoms. The number of ether oxygens (including phenoxy) is 1. The van der Waals surface area contributed by atoms with Gasteiger partial charge in [0.05, 0.1) is 6.10 Å². The largest absolute Gasteiger partial charge is 0.353 e. The first-order valence-corrected chi connectivity index (χ1v) is 6.07. The van der Waals surface area contributed by atoms with Crippen molar-refractivity contribution in [2.24, 2.45) is 11.8 Å². The molecular formula is C12H20N2O. The van der Waals surface area contributed by atoms with E-state index >= 15 is 0 Å². The van der Waals surface area contributed by atoms with Crippen molar-refractivity contribution >= 4 is 0 Å². The van der Waals surface area contributed by atoms with Crippen LogP contribution in [0.25, 0.3) is 0 Å². The van der Waals surface area contributed by atoms with Crippen LogP contribution in [0, 0.1) is 11.8 Å². The molecule has 1 N–H and O–H groups in total. The molecule has 84 valence electrons. The molecule has 0 spiro atoms. The predicted octanol–water partition coefficient (Wildman–Crippen LogP) is 0.829. The van der Waals surface area contributed by atoms with Crippen LogP contribution < -0.4 is 5.32 Å². The Labute approximate surface area is 91.5 Å². The smallest absolute Gasteiger partial charge is 0.135 e. The van der Waals surface area contributed by atoms with Gasteiger partial charge in [-0.15, -0.1) is 0 Å².